The van der Waals surface area contributed by atoms with Gasteiger partial charge in [-0.25, -0.2) is 0 Å². The van der Waals surface area contributed by atoms with Crippen LogP contribution in [0.2, 0.25) is 0 Å². The molecule has 84 valence electrons. The van der Waals surface area contributed by atoms with Crippen LogP contribution in [0.5, 0.6) is 0 Å². The molecule has 1 fully saturated rings. The van der Waals surface area contributed by atoms with Crippen molar-refractivity contribution in [3.63, 3.8) is 0 Å². The third-order valence-electron chi connectivity index (χ3n) is 2.73. The van der Waals surface area contributed by atoms with E-state index in [0.717, 1.165) is 25.7 Å². The van der Waals surface area contributed by atoms with Gasteiger partial charge in [-0.3, -0.25) is 4.90 Å². The van der Waals surface area contributed by atoms with Crippen LogP contribution < -0.4 is 5.32 Å². The van der Waals surface area contributed by atoms with Crippen molar-refractivity contribution in [2.24, 2.45) is 0 Å². The summed E-state index contributed by atoms with van der Waals surface area (Å²) in [5, 5.41) is 12.2. The number of hydrogen-bond donors (Lipinski definition) is 2. The molecule has 1 unspecified atom stereocenters. The zero-order chi connectivity index (χ0) is 10.4. The summed E-state index contributed by atoms with van der Waals surface area (Å²) in [6.45, 7) is 2.87. The van der Waals surface area contributed by atoms with Crippen LogP contribution in [-0.2, 0) is 4.74 Å². The van der Waals surface area contributed by atoms with Gasteiger partial charge >= 0.3 is 0 Å². The third kappa shape index (κ3) is 3.92. The molecule has 1 saturated carbocycles. The number of ether oxygens (including phenoxy) is 1. The van der Waals surface area contributed by atoms with E-state index >= 15 is 0 Å². The lowest BCUT2D eigenvalue weighted by atomic mass is 10.3. The minimum absolute atomic E-state index is 0.187. The summed E-state index contributed by atoms with van der Waals surface area (Å²) in [6, 6.07) is 0.917. The Hall–Kier alpha value is -0.160. The van der Waals surface area contributed by atoms with E-state index in [1.807, 2.05) is 7.05 Å². The second-order valence-electron chi connectivity index (χ2n) is 3.89. The second-order valence-corrected chi connectivity index (χ2v) is 3.89. The zero-order valence-electron chi connectivity index (χ0n) is 9.20. The molecular formula is C10H22N2O2. The van der Waals surface area contributed by atoms with Gasteiger partial charge in [-0.1, -0.05) is 0 Å². The number of nitrogens with one attached hydrogen (secondary N) is 1. The Morgan fingerprint density at radius 3 is 2.71 bits per heavy atom. The van der Waals surface area contributed by atoms with Crippen molar-refractivity contribution in [3.05, 3.63) is 0 Å². The molecular weight excluding hydrogens is 180 g/mol. The van der Waals surface area contributed by atoms with Crippen molar-refractivity contribution in [2.75, 3.05) is 40.5 Å². The first-order valence-electron chi connectivity index (χ1n) is 5.33. The van der Waals surface area contributed by atoms with Crippen molar-refractivity contribution >= 4 is 0 Å². The Balaban J connectivity index is 2.26. The topological polar surface area (TPSA) is 44.7 Å². The Morgan fingerprint density at radius 2 is 2.29 bits per heavy atom. The van der Waals surface area contributed by atoms with E-state index in [1.165, 1.54) is 12.8 Å². The van der Waals surface area contributed by atoms with Crippen LogP contribution in [0.15, 0.2) is 0 Å². The van der Waals surface area contributed by atoms with Gasteiger partial charge in [-0.05, 0) is 19.9 Å². The fourth-order valence-electron chi connectivity index (χ4n) is 1.59. The smallest absolute Gasteiger partial charge is 0.0597 e. The molecule has 0 spiro atoms. The highest BCUT2D eigenvalue weighted by Crippen LogP contribution is 2.26. The summed E-state index contributed by atoms with van der Waals surface area (Å²) in [5.41, 5.74) is 0. The first kappa shape index (κ1) is 11.9. The summed E-state index contributed by atoms with van der Waals surface area (Å²) in [5.74, 6) is 0. The predicted octanol–water partition coefficient (Wildman–Crippen LogP) is -0.323. The number of hydrogen-bond acceptors (Lipinski definition) is 4. The molecule has 1 aliphatic rings. The van der Waals surface area contributed by atoms with E-state index in [0.29, 0.717) is 0 Å². The fraction of sp³-hybridized carbons (Fsp3) is 1.00. The van der Waals surface area contributed by atoms with Crippen LogP contribution >= 0.6 is 0 Å². The zero-order valence-corrected chi connectivity index (χ0v) is 9.20. The summed E-state index contributed by atoms with van der Waals surface area (Å²) in [6.07, 6.45) is 2.59. The fourth-order valence-corrected chi connectivity index (χ4v) is 1.59. The normalized spacial score (nSPS) is 18.9. The Bertz CT molecular complexity index is 147. The van der Waals surface area contributed by atoms with Crippen LogP contribution in [0.25, 0.3) is 0 Å². The monoisotopic (exact) mass is 202 g/mol. The molecule has 0 radical (unpaired) electrons. The third-order valence-corrected chi connectivity index (χ3v) is 2.73. The van der Waals surface area contributed by atoms with Crippen molar-refractivity contribution in [1.82, 2.24) is 10.2 Å². The quantitative estimate of drug-likeness (QED) is 0.566. The van der Waals surface area contributed by atoms with Crippen LogP contribution in [-0.4, -0.2) is 62.6 Å². The van der Waals surface area contributed by atoms with Gasteiger partial charge in [0.25, 0.3) is 0 Å². The lowest BCUT2D eigenvalue weighted by molar-refractivity contribution is 0.125. The average Bonchev–Trinajstić information content (AvgIpc) is 3.02. The molecule has 4 heteroatoms. The highest BCUT2D eigenvalue weighted by Gasteiger charge is 2.29. The molecule has 0 heterocycles. The van der Waals surface area contributed by atoms with E-state index < -0.39 is 0 Å². The molecule has 0 aromatic heterocycles. The average molecular weight is 202 g/mol. The number of likely N-dealkylation sites (N-methyl/N-ethyl adjacent to an activating group) is 1. The Morgan fingerprint density at radius 1 is 1.57 bits per heavy atom. The van der Waals surface area contributed by atoms with Gasteiger partial charge in [0.1, 0.15) is 0 Å². The van der Waals surface area contributed by atoms with Crippen LogP contribution in [0.3, 0.4) is 0 Å². The number of nitrogens with zero attached hydrogens (tertiary/aromatic N) is 1. The summed E-state index contributed by atoms with van der Waals surface area (Å²) in [7, 11) is 3.62. The Kier molecular flexibility index (Phi) is 5.40. The lowest BCUT2D eigenvalue weighted by Gasteiger charge is -2.25. The first-order chi connectivity index (χ1) is 6.81. The molecule has 1 rings (SSSR count). The molecule has 2 N–H and O–H groups in total. The summed E-state index contributed by atoms with van der Waals surface area (Å²) >= 11 is 0. The minimum atomic E-state index is 0.187. The molecule has 0 aromatic carbocycles. The van der Waals surface area contributed by atoms with Gasteiger partial charge in [-0.2, -0.15) is 0 Å². The number of aliphatic hydroxyl groups is 1. The molecule has 14 heavy (non-hydrogen) atoms. The summed E-state index contributed by atoms with van der Waals surface area (Å²) in [4.78, 5) is 2.40. The van der Waals surface area contributed by atoms with E-state index in [4.69, 9.17) is 9.84 Å². The van der Waals surface area contributed by atoms with Crippen LogP contribution in [0.4, 0.5) is 0 Å². The highest BCUT2D eigenvalue weighted by molar-refractivity contribution is 4.86. The van der Waals surface area contributed by atoms with E-state index in [1.54, 1.807) is 7.11 Å². The predicted molar refractivity (Wildman–Crippen MR) is 56.4 cm³/mol. The maximum Gasteiger partial charge on any atom is 0.0597 e. The largest absolute Gasteiger partial charge is 0.395 e. The van der Waals surface area contributed by atoms with Crippen LogP contribution in [0.1, 0.15) is 12.8 Å². The lowest BCUT2D eigenvalue weighted by Crippen LogP contribution is -2.43. The van der Waals surface area contributed by atoms with Gasteiger partial charge in [0, 0.05) is 32.3 Å². The van der Waals surface area contributed by atoms with Gasteiger partial charge in [0.2, 0.25) is 0 Å². The molecule has 1 atom stereocenters. The molecule has 0 aromatic rings. The molecule has 0 aliphatic heterocycles. The maximum absolute atomic E-state index is 9.08. The van der Waals surface area contributed by atoms with Crippen molar-refractivity contribution in [1.29, 1.82) is 0 Å². The molecule has 0 amide bonds. The minimum Gasteiger partial charge on any atom is -0.395 e. The number of aliphatic hydroxyl groups excluding tert-OH is 1. The van der Waals surface area contributed by atoms with Crippen molar-refractivity contribution < 1.29 is 9.84 Å². The molecule has 0 bridgehead atoms. The molecule has 1 aliphatic carbocycles. The van der Waals surface area contributed by atoms with Gasteiger partial charge in [0.15, 0.2) is 0 Å². The van der Waals surface area contributed by atoms with Gasteiger partial charge < -0.3 is 15.2 Å². The van der Waals surface area contributed by atoms with E-state index in [2.05, 4.69) is 10.2 Å². The van der Waals surface area contributed by atoms with Gasteiger partial charge in [0.05, 0.1) is 13.2 Å². The maximum atomic E-state index is 9.08. The highest BCUT2D eigenvalue weighted by atomic mass is 16.5. The summed E-state index contributed by atoms with van der Waals surface area (Å²) < 4.78 is 5.07. The van der Waals surface area contributed by atoms with Crippen molar-refractivity contribution in [2.45, 2.75) is 24.9 Å². The standard InChI is InChI=1S/C10H22N2O2/c1-11-9(8-13)7-12(5-6-14-2)10-3-4-10/h9-11,13H,3-8H2,1-2H3. The molecule has 4 nitrogen and oxygen atoms in total. The SMILES string of the molecule is CNC(CO)CN(CCOC)C1CC1. The van der Waals surface area contributed by atoms with E-state index in [9.17, 15) is 0 Å². The number of methoxy groups -OCH3 is 1. The van der Waals surface area contributed by atoms with Gasteiger partial charge in [-0.15, -0.1) is 0 Å². The first-order valence-corrected chi connectivity index (χ1v) is 5.33. The Labute approximate surface area is 86.2 Å². The second kappa shape index (κ2) is 6.35. The van der Waals surface area contributed by atoms with Crippen LogP contribution in [0, 0.1) is 0 Å². The van der Waals surface area contributed by atoms with Crippen molar-refractivity contribution in [3.8, 4) is 0 Å². The molecule has 0 saturated heterocycles. The number of rotatable bonds is 8. The van der Waals surface area contributed by atoms with E-state index in [-0.39, 0.29) is 12.6 Å².